The number of nitrogens with zero attached hydrogens (tertiary/aromatic N) is 3. The molecule has 2 N–H and O–H groups in total. The van der Waals surface area contributed by atoms with Crippen LogP contribution in [0.4, 0.5) is 10.2 Å². The average molecular weight is 564 g/mol. The molecule has 0 radical (unpaired) electrons. The third-order valence-electron chi connectivity index (χ3n) is 9.09. The number of fused-ring (bicyclic) bond motifs is 5. The predicted molar refractivity (Wildman–Crippen MR) is 147 cm³/mol. The zero-order chi connectivity index (χ0) is 28.0. The van der Waals surface area contributed by atoms with Crippen molar-refractivity contribution in [3.05, 3.63) is 47.5 Å². The van der Waals surface area contributed by atoms with Crippen LogP contribution in [0.5, 0.6) is 11.6 Å². The van der Waals surface area contributed by atoms with Gasteiger partial charge in [0.2, 0.25) is 5.88 Å². The lowest BCUT2D eigenvalue weighted by Gasteiger charge is -2.53. The first kappa shape index (κ1) is 26.5. The Hall–Kier alpha value is -3.41. The smallest absolute Gasteiger partial charge is 0.263 e. The van der Waals surface area contributed by atoms with Crippen LogP contribution in [0.2, 0.25) is 0 Å². The van der Waals surface area contributed by atoms with Gasteiger partial charge in [0.25, 0.3) is 5.91 Å². The molecule has 0 spiro atoms. The van der Waals surface area contributed by atoms with Gasteiger partial charge in [-0.15, -0.1) is 0 Å². The van der Waals surface area contributed by atoms with Crippen LogP contribution < -0.4 is 20.1 Å². The number of hydrogen-bond acceptors (Lipinski definition) is 9. The topological polar surface area (TPSA) is 117 Å². The highest BCUT2D eigenvalue weighted by atomic mass is 19.1. The molecule has 2 bridgehead atoms. The molecule has 1 aliphatic carbocycles. The first-order valence-corrected chi connectivity index (χ1v) is 14.4. The van der Waals surface area contributed by atoms with Gasteiger partial charge in [-0.05, 0) is 56.7 Å². The van der Waals surface area contributed by atoms with Crippen LogP contribution in [-0.2, 0) is 27.2 Å². The molecule has 8 rings (SSSR count). The van der Waals surface area contributed by atoms with Crippen molar-refractivity contribution in [1.29, 1.82) is 0 Å². The number of aromatic nitrogens is 3. The molecule has 10 nitrogen and oxygen atoms in total. The standard InChI is InChI=1S/C30H34FN5O5/c1-18-14-38-15-24(18)41-26-5-3-22-27(36-26)20(21(31)13-32-22)6-7-30-10-8-29(9-11-30,17-40-30)33-12-19-2-4-23-28(34-19)35-25(37)16-39-23/h2-5,13,18,24,33H,6-12,14-17H2,1H3,(H,34,35,37)/t18-,24-,29?,30?/m0/s1. The maximum absolute atomic E-state index is 15.1. The molecule has 5 aliphatic rings. The largest absolute Gasteiger partial charge is 0.480 e. The van der Waals surface area contributed by atoms with Crippen LogP contribution in [0, 0.1) is 11.7 Å². The van der Waals surface area contributed by atoms with Gasteiger partial charge in [0, 0.05) is 29.6 Å². The minimum absolute atomic E-state index is 0.0140. The van der Waals surface area contributed by atoms with E-state index in [0.717, 1.165) is 31.4 Å². The molecule has 1 amide bonds. The van der Waals surface area contributed by atoms with Crippen LogP contribution in [0.15, 0.2) is 30.5 Å². The lowest BCUT2D eigenvalue weighted by Crippen LogP contribution is -2.61. The summed E-state index contributed by atoms with van der Waals surface area (Å²) >= 11 is 0. The minimum Gasteiger partial charge on any atom is -0.480 e. The van der Waals surface area contributed by atoms with E-state index in [4.69, 9.17) is 18.9 Å². The molecular weight excluding hydrogens is 529 g/mol. The van der Waals surface area contributed by atoms with Crippen LogP contribution in [0.25, 0.3) is 11.0 Å². The highest BCUT2D eigenvalue weighted by Crippen LogP contribution is 2.46. The number of carbonyl (C=O) groups excluding carboxylic acids is 1. The van der Waals surface area contributed by atoms with Gasteiger partial charge in [-0.2, -0.15) is 0 Å². The van der Waals surface area contributed by atoms with Crippen LogP contribution in [0.3, 0.4) is 0 Å². The third kappa shape index (κ3) is 5.22. The maximum atomic E-state index is 15.1. The molecule has 0 aromatic carbocycles. The Bertz CT molecular complexity index is 1460. The van der Waals surface area contributed by atoms with E-state index < -0.39 is 0 Å². The zero-order valence-electron chi connectivity index (χ0n) is 23.1. The maximum Gasteiger partial charge on any atom is 0.263 e. The molecule has 3 aromatic heterocycles. The van der Waals surface area contributed by atoms with Gasteiger partial charge in [0.15, 0.2) is 18.2 Å². The van der Waals surface area contributed by atoms with Gasteiger partial charge in [-0.1, -0.05) is 6.92 Å². The summed E-state index contributed by atoms with van der Waals surface area (Å²) in [5.74, 6) is 1.25. The Labute approximate surface area is 237 Å². The first-order chi connectivity index (χ1) is 19.9. The molecule has 11 heteroatoms. The number of rotatable bonds is 8. The molecule has 0 unspecified atom stereocenters. The van der Waals surface area contributed by atoms with Crippen molar-refractivity contribution < 1.29 is 28.1 Å². The summed E-state index contributed by atoms with van der Waals surface area (Å²) in [6.07, 6.45) is 6.18. The number of carbonyl (C=O) groups is 1. The fraction of sp³-hybridized carbons (Fsp3) is 0.533. The predicted octanol–water partition coefficient (Wildman–Crippen LogP) is 3.71. The highest BCUT2D eigenvalue weighted by Gasteiger charge is 2.49. The molecule has 41 heavy (non-hydrogen) atoms. The molecule has 4 fully saturated rings. The third-order valence-corrected chi connectivity index (χ3v) is 9.09. The molecule has 7 heterocycles. The summed E-state index contributed by atoms with van der Waals surface area (Å²) in [7, 11) is 0. The van der Waals surface area contributed by atoms with E-state index in [0.29, 0.717) is 73.3 Å². The van der Waals surface area contributed by atoms with Crippen molar-refractivity contribution >= 4 is 22.8 Å². The Kier molecular flexibility index (Phi) is 6.75. The Morgan fingerprint density at radius 2 is 2.02 bits per heavy atom. The monoisotopic (exact) mass is 563 g/mol. The molecule has 4 aliphatic heterocycles. The van der Waals surface area contributed by atoms with Crippen molar-refractivity contribution in [3.8, 4) is 11.6 Å². The fourth-order valence-electron chi connectivity index (χ4n) is 6.38. The second-order valence-electron chi connectivity index (χ2n) is 11.9. The van der Waals surface area contributed by atoms with E-state index in [1.54, 1.807) is 6.07 Å². The van der Waals surface area contributed by atoms with Crippen molar-refractivity contribution in [2.75, 3.05) is 31.7 Å². The SMILES string of the molecule is C[C@H]1COC[C@@H]1Oc1ccc2ncc(F)c(CCC34CCC(NCc5ccc6c(n5)NC(=O)CO6)(CC3)CO4)c2n1. The number of pyridine rings is 3. The number of hydrogen-bond donors (Lipinski definition) is 2. The normalized spacial score (nSPS) is 28.8. The lowest BCUT2D eigenvalue weighted by atomic mass is 9.69. The van der Waals surface area contributed by atoms with Gasteiger partial charge < -0.3 is 29.6 Å². The van der Waals surface area contributed by atoms with Crippen molar-refractivity contribution in [3.63, 3.8) is 0 Å². The van der Waals surface area contributed by atoms with Crippen LogP contribution >= 0.6 is 0 Å². The average Bonchev–Trinajstić information content (AvgIpc) is 3.40. The molecule has 1 saturated carbocycles. The molecular formula is C30H34FN5O5. The number of ether oxygens (including phenoxy) is 4. The Morgan fingerprint density at radius 3 is 2.80 bits per heavy atom. The van der Waals surface area contributed by atoms with E-state index in [-0.39, 0.29) is 41.5 Å². The summed E-state index contributed by atoms with van der Waals surface area (Å²) in [6.45, 7) is 4.45. The summed E-state index contributed by atoms with van der Waals surface area (Å²) in [4.78, 5) is 25.1. The number of amides is 1. The van der Waals surface area contributed by atoms with E-state index >= 15 is 4.39 Å². The van der Waals surface area contributed by atoms with E-state index in [1.165, 1.54) is 6.20 Å². The number of aryl methyl sites for hydroxylation is 1. The lowest BCUT2D eigenvalue weighted by molar-refractivity contribution is -0.165. The number of halogens is 1. The van der Waals surface area contributed by atoms with Crippen molar-refractivity contribution in [1.82, 2.24) is 20.3 Å². The van der Waals surface area contributed by atoms with Crippen molar-refractivity contribution in [2.45, 2.75) is 69.2 Å². The number of anilines is 1. The van der Waals surface area contributed by atoms with E-state index in [9.17, 15) is 4.79 Å². The van der Waals surface area contributed by atoms with Crippen LogP contribution in [0.1, 0.15) is 50.3 Å². The van der Waals surface area contributed by atoms with Gasteiger partial charge in [-0.25, -0.2) is 14.4 Å². The van der Waals surface area contributed by atoms with Gasteiger partial charge in [0.1, 0.15) is 11.9 Å². The Morgan fingerprint density at radius 1 is 1.15 bits per heavy atom. The van der Waals surface area contributed by atoms with Crippen LogP contribution in [-0.4, -0.2) is 64.5 Å². The molecule has 3 aromatic rings. The molecule has 216 valence electrons. The second-order valence-corrected chi connectivity index (χ2v) is 11.9. The molecule has 2 atom stereocenters. The van der Waals surface area contributed by atoms with E-state index in [2.05, 4.69) is 32.5 Å². The summed E-state index contributed by atoms with van der Waals surface area (Å²) < 4.78 is 38.6. The van der Waals surface area contributed by atoms with Gasteiger partial charge >= 0.3 is 0 Å². The zero-order valence-corrected chi connectivity index (χ0v) is 23.1. The first-order valence-electron chi connectivity index (χ1n) is 14.4. The van der Waals surface area contributed by atoms with Gasteiger partial charge in [0.05, 0.1) is 48.3 Å². The van der Waals surface area contributed by atoms with Crippen molar-refractivity contribution in [2.24, 2.45) is 5.92 Å². The quantitative estimate of drug-likeness (QED) is 0.423. The summed E-state index contributed by atoms with van der Waals surface area (Å²) in [5.41, 5.74) is 2.19. The van der Waals surface area contributed by atoms with Gasteiger partial charge in [-0.3, -0.25) is 9.78 Å². The second kappa shape index (κ2) is 10.5. The number of nitrogens with one attached hydrogen (secondary N) is 2. The minimum atomic E-state index is -0.349. The summed E-state index contributed by atoms with van der Waals surface area (Å²) in [5, 5.41) is 6.44. The fourth-order valence-corrected chi connectivity index (χ4v) is 6.38. The van der Waals surface area contributed by atoms with E-state index in [1.807, 2.05) is 18.2 Å². The highest BCUT2D eigenvalue weighted by molar-refractivity contribution is 5.94. The Balaban J connectivity index is 0.997. The summed E-state index contributed by atoms with van der Waals surface area (Å²) in [6, 6.07) is 7.39. The molecule has 3 saturated heterocycles.